The minimum atomic E-state index is -1.27. The van der Waals surface area contributed by atoms with Gasteiger partial charge in [0.1, 0.15) is 5.60 Å². The number of nitrogens with one attached hydrogen (secondary N) is 2. The van der Waals surface area contributed by atoms with Gasteiger partial charge in [0.25, 0.3) is 5.85 Å². The quantitative estimate of drug-likeness (QED) is 0.814. The number of carbonyl (C=O) groups excluding carboxylic acids is 1. The van der Waals surface area contributed by atoms with Gasteiger partial charge in [-0.25, -0.2) is 9.79 Å². The smallest absolute Gasteiger partial charge is 0.411 e. The Bertz CT molecular complexity index is 537. The summed E-state index contributed by atoms with van der Waals surface area (Å²) in [4.78, 5) is 16.2. The molecule has 1 aromatic carbocycles. The number of nitrogens with zero attached hydrogens (tertiary/aromatic N) is 1. The summed E-state index contributed by atoms with van der Waals surface area (Å²) in [5.74, 6) is -1.27. The fourth-order valence-electron chi connectivity index (χ4n) is 1.92. The summed E-state index contributed by atoms with van der Waals surface area (Å²) in [6, 6.07) is 7.45. The zero-order valence-corrected chi connectivity index (χ0v) is 12.1. The first-order chi connectivity index (χ1) is 9.36. The number of amides is 1. The van der Waals surface area contributed by atoms with E-state index >= 15 is 0 Å². The van der Waals surface area contributed by atoms with Gasteiger partial charge in [0.15, 0.2) is 0 Å². The van der Waals surface area contributed by atoms with E-state index in [1.165, 1.54) is 13.4 Å². The molecule has 1 amide bonds. The molecule has 20 heavy (non-hydrogen) atoms. The Morgan fingerprint density at radius 1 is 1.35 bits per heavy atom. The van der Waals surface area contributed by atoms with E-state index in [0.29, 0.717) is 0 Å². The van der Waals surface area contributed by atoms with E-state index in [-0.39, 0.29) is 0 Å². The number of anilines is 1. The molecule has 0 fully saturated rings. The molecule has 0 spiro atoms. The van der Waals surface area contributed by atoms with Crippen molar-refractivity contribution >= 4 is 18.1 Å². The molecular formula is C14H19N3O3. The Morgan fingerprint density at radius 2 is 2.05 bits per heavy atom. The number of carbonyl (C=O) groups is 1. The molecule has 1 aliphatic heterocycles. The molecule has 0 unspecified atom stereocenters. The molecule has 0 radical (unpaired) electrons. The predicted molar refractivity (Wildman–Crippen MR) is 76.6 cm³/mol. The maximum atomic E-state index is 12.0. The minimum Gasteiger partial charge on any atom is -0.444 e. The lowest BCUT2D eigenvalue weighted by molar-refractivity contribution is -0.0445. The van der Waals surface area contributed by atoms with E-state index < -0.39 is 17.5 Å². The van der Waals surface area contributed by atoms with Gasteiger partial charge >= 0.3 is 6.09 Å². The Labute approximate surface area is 118 Å². The van der Waals surface area contributed by atoms with Gasteiger partial charge in [-0.3, -0.25) is 5.32 Å². The van der Waals surface area contributed by atoms with Crippen LogP contribution in [0.15, 0.2) is 29.3 Å². The Balaban J connectivity index is 2.28. The van der Waals surface area contributed by atoms with Gasteiger partial charge in [-0.2, -0.15) is 0 Å². The third-order valence-electron chi connectivity index (χ3n) is 2.72. The third kappa shape index (κ3) is 2.91. The van der Waals surface area contributed by atoms with E-state index in [2.05, 4.69) is 15.6 Å². The molecule has 6 nitrogen and oxygen atoms in total. The molecule has 1 aliphatic rings. The number of hydrogen-bond acceptors (Lipinski definition) is 5. The molecule has 0 bridgehead atoms. The van der Waals surface area contributed by atoms with Crippen molar-refractivity contribution < 1.29 is 14.3 Å². The van der Waals surface area contributed by atoms with Gasteiger partial charge in [0.05, 0.1) is 11.9 Å². The average molecular weight is 277 g/mol. The second kappa shape index (κ2) is 5.13. The number of ether oxygens (including phenoxy) is 2. The molecule has 1 heterocycles. The third-order valence-corrected chi connectivity index (χ3v) is 2.72. The van der Waals surface area contributed by atoms with Crippen LogP contribution in [0.4, 0.5) is 10.5 Å². The molecule has 0 saturated heterocycles. The lowest BCUT2D eigenvalue weighted by Crippen LogP contribution is -2.49. The first kappa shape index (κ1) is 14.3. The highest BCUT2D eigenvalue weighted by Crippen LogP contribution is 2.32. The normalized spacial score (nSPS) is 20.8. The van der Waals surface area contributed by atoms with Crippen molar-refractivity contribution in [1.29, 1.82) is 0 Å². The second-order valence-electron chi connectivity index (χ2n) is 5.42. The highest BCUT2D eigenvalue weighted by atomic mass is 16.6. The van der Waals surface area contributed by atoms with Crippen molar-refractivity contribution in [3.05, 3.63) is 29.8 Å². The lowest BCUT2D eigenvalue weighted by Gasteiger charge is -2.34. The molecule has 0 aromatic heterocycles. The topological polar surface area (TPSA) is 72.0 Å². The molecule has 1 atom stereocenters. The summed E-state index contributed by atoms with van der Waals surface area (Å²) >= 11 is 0. The highest BCUT2D eigenvalue weighted by molar-refractivity contribution is 5.82. The maximum absolute atomic E-state index is 12.0. The van der Waals surface area contributed by atoms with E-state index in [1.54, 1.807) is 20.8 Å². The van der Waals surface area contributed by atoms with Crippen LogP contribution in [-0.4, -0.2) is 25.1 Å². The van der Waals surface area contributed by atoms with Gasteiger partial charge in [0, 0.05) is 12.8 Å². The lowest BCUT2D eigenvalue weighted by atomic mass is 10.1. The number of fused-ring (bicyclic) bond motifs is 1. The zero-order chi connectivity index (χ0) is 14.8. The molecule has 1 aromatic rings. The molecule has 108 valence electrons. The van der Waals surface area contributed by atoms with Crippen LogP contribution in [0, 0.1) is 0 Å². The van der Waals surface area contributed by atoms with E-state index in [4.69, 9.17) is 9.47 Å². The van der Waals surface area contributed by atoms with Crippen molar-refractivity contribution in [1.82, 2.24) is 5.32 Å². The molecular weight excluding hydrogens is 258 g/mol. The molecule has 2 rings (SSSR count). The summed E-state index contributed by atoms with van der Waals surface area (Å²) in [5, 5.41) is 5.68. The molecule has 6 heteroatoms. The first-order valence-electron chi connectivity index (χ1n) is 6.32. The van der Waals surface area contributed by atoms with Gasteiger partial charge in [-0.05, 0) is 32.9 Å². The van der Waals surface area contributed by atoms with Gasteiger partial charge in [0.2, 0.25) is 0 Å². The minimum absolute atomic E-state index is 0.588. The summed E-state index contributed by atoms with van der Waals surface area (Å²) in [6.45, 7) is 5.39. The largest absolute Gasteiger partial charge is 0.444 e. The maximum Gasteiger partial charge on any atom is 0.411 e. The number of para-hydroxylation sites is 1. The van der Waals surface area contributed by atoms with Crippen LogP contribution in [0.25, 0.3) is 0 Å². The van der Waals surface area contributed by atoms with E-state index in [0.717, 1.165) is 11.3 Å². The zero-order valence-electron chi connectivity index (χ0n) is 12.1. The molecule has 2 N–H and O–H groups in total. The summed E-state index contributed by atoms with van der Waals surface area (Å²) in [6.07, 6.45) is 0.900. The van der Waals surface area contributed by atoms with Crippen LogP contribution in [0.3, 0.4) is 0 Å². The summed E-state index contributed by atoms with van der Waals surface area (Å²) in [5.41, 5.74) is 0.950. The number of rotatable bonds is 2. The van der Waals surface area contributed by atoms with Crippen molar-refractivity contribution in [3.63, 3.8) is 0 Å². The number of methoxy groups -OCH3 is 1. The van der Waals surface area contributed by atoms with Crippen LogP contribution in [0.2, 0.25) is 0 Å². The van der Waals surface area contributed by atoms with Gasteiger partial charge < -0.3 is 14.8 Å². The van der Waals surface area contributed by atoms with Crippen molar-refractivity contribution in [3.8, 4) is 0 Å². The second-order valence-corrected chi connectivity index (χ2v) is 5.42. The predicted octanol–water partition coefficient (Wildman–Crippen LogP) is 2.42. The van der Waals surface area contributed by atoms with Gasteiger partial charge in [-0.15, -0.1) is 0 Å². The van der Waals surface area contributed by atoms with Crippen LogP contribution in [0.5, 0.6) is 0 Å². The fraction of sp³-hybridized carbons (Fsp3) is 0.429. The summed E-state index contributed by atoms with van der Waals surface area (Å²) in [7, 11) is 1.48. The monoisotopic (exact) mass is 277 g/mol. The SMILES string of the molecule is CO[C@@]1(NC(=O)OC(C)(C)C)N=CNc2ccccc21. The van der Waals surface area contributed by atoms with Crippen LogP contribution in [-0.2, 0) is 15.3 Å². The van der Waals surface area contributed by atoms with Crippen molar-refractivity contribution in [2.24, 2.45) is 4.99 Å². The first-order valence-corrected chi connectivity index (χ1v) is 6.32. The van der Waals surface area contributed by atoms with Gasteiger partial charge in [-0.1, -0.05) is 12.1 Å². The van der Waals surface area contributed by atoms with Crippen LogP contribution >= 0.6 is 0 Å². The van der Waals surface area contributed by atoms with Crippen molar-refractivity contribution in [2.45, 2.75) is 32.2 Å². The van der Waals surface area contributed by atoms with Crippen LogP contribution < -0.4 is 10.6 Å². The fourth-order valence-corrected chi connectivity index (χ4v) is 1.92. The van der Waals surface area contributed by atoms with E-state index in [9.17, 15) is 4.79 Å². The van der Waals surface area contributed by atoms with E-state index in [1.807, 2.05) is 24.3 Å². The highest BCUT2D eigenvalue weighted by Gasteiger charge is 2.38. The number of benzene rings is 1. The Kier molecular flexibility index (Phi) is 3.67. The van der Waals surface area contributed by atoms with Crippen LogP contribution in [0.1, 0.15) is 26.3 Å². The number of aliphatic imine (C=N–C) groups is 1. The molecule has 0 aliphatic carbocycles. The molecule has 0 saturated carbocycles. The summed E-state index contributed by atoms with van der Waals surface area (Å²) < 4.78 is 10.7. The average Bonchev–Trinajstić information content (AvgIpc) is 2.37. The van der Waals surface area contributed by atoms with Crippen molar-refractivity contribution in [2.75, 3.05) is 12.4 Å². The Hall–Kier alpha value is -2.08. The standard InChI is InChI=1S/C14H19N3O3/c1-13(2,3)20-12(18)17-14(19-4)10-7-5-6-8-11(10)15-9-16-14/h5-9H,1-4H3,(H,15,16)(H,17,18)/t14-/m1/s1. The Morgan fingerprint density at radius 3 is 2.70 bits per heavy atom. The number of alkyl carbamates (subject to hydrolysis) is 1. The number of hydrogen-bond donors (Lipinski definition) is 2.